The topological polar surface area (TPSA) is 69.0 Å². The summed E-state index contributed by atoms with van der Waals surface area (Å²) < 4.78 is 62.9. The number of halogens is 3. The van der Waals surface area contributed by atoms with Crippen LogP contribution in [-0.4, -0.2) is 36.4 Å². The van der Waals surface area contributed by atoms with Gasteiger partial charge in [0.15, 0.2) is 15.6 Å². The Morgan fingerprint density at radius 1 is 1.00 bits per heavy atom. The van der Waals surface area contributed by atoms with Crippen molar-refractivity contribution in [2.45, 2.75) is 44.3 Å². The lowest BCUT2D eigenvalue weighted by molar-refractivity contribution is -0.133. The molecule has 0 amide bonds. The normalized spacial score (nSPS) is 12.3. The Morgan fingerprint density at radius 3 is 2.21 bits per heavy atom. The summed E-state index contributed by atoms with van der Waals surface area (Å²) >= 11 is 0. The lowest BCUT2D eigenvalue weighted by Crippen LogP contribution is -2.12. The maximum Gasteiger partial charge on any atom is 0.389 e. The molecular formula is C24H25F3N2O3S. The van der Waals surface area contributed by atoms with Gasteiger partial charge in [-0.25, -0.2) is 8.42 Å². The van der Waals surface area contributed by atoms with Crippen molar-refractivity contribution in [3.63, 3.8) is 0 Å². The van der Waals surface area contributed by atoms with Gasteiger partial charge in [0.25, 0.3) is 0 Å². The molecule has 0 aliphatic heterocycles. The number of benzene rings is 2. The Kier molecular flexibility index (Phi) is 7.11. The summed E-state index contributed by atoms with van der Waals surface area (Å²) in [5.74, 6) is -0.440. The summed E-state index contributed by atoms with van der Waals surface area (Å²) in [6.45, 7) is 4.46. The van der Waals surface area contributed by atoms with Gasteiger partial charge in [-0.2, -0.15) is 18.3 Å². The first kappa shape index (κ1) is 24.7. The van der Waals surface area contributed by atoms with Crippen LogP contribution in [0.4, 0.5) is 13.2 Å². The van der Waals surface area contributed by atoms with E-state index in [0.29, 0.717) is 12.2 Å². The van der Waals surface area contributed by atoms with Gasteiger partial charge in [0, 0.05) is 19.2 Å². The first-order valence-electron chi connectivity index (χ1n) is 10.4. The Bertz CT molecular complexity index is 1240. The highest BCUT2D eigenvalue weighted by Crippen LogP contribution is 2.28. The van der Waals surface area contributed by atoms with Crippen LogP contribution in [-0.2, 0) is 16.4 Å². The molecule has 0 aliphatic carbocycles. The van der Waals surface area contributed by atoms with Gasteiger partial charge in [0.2, 0.25) is 0 Å². The smallest absolute Gasteiger partial charge is 0.292 e. The summed E-state index contributed by atoms with van der Waals surface area (Å²) in [4.78, 5) is 12.5. The molecule has 2 aromatic carbocycles. The van der Waals surface area contributed by atoms with Crippen LogP contribution in [0.1, 0.15) is 37.2 Å². The maximum atomic E-state index is 12.5. The number of ketones is 1. The molecule has 33 heavy (non-hydrogen) atoms. The van der Waals surface area contributed by atoms with E-state index in [-0.39, 0.29) is 16.5 Å². The molecule has 0 saturated carbocycles. The molecular weight excluding hydrogens is 453 g/mol. The first-order chi connectivity index (χ1) is 15.3. The number of rotatable bonds is 8. The van der Waals surface area contributed by atoms with Gasteiger partial charge in [-0.15, -0.1) is 0 Å². The molecule has 0 saturated heterocycles. The van der Waals surface area contributed by atoms with Crippen LogP contribution in [0, 0.1) is 5.92 Å². The van der Waals surface area contributed by atoms with Crippen LogP contribution in [0.5, 0.6) is 0 Å². The van der Waals surface area contributed by atoms with Crippen LogP contribution < -0.4 is 0 Å². The van der Waals surface area contributed by atoms with Gasteiger partial charge in [-0.3, -0.25) is 9.48 Å². The molecule has 0 spiro atoms. The van der Waals surface area contributed by atoms with Crippen molar-refractivity contribution >= 4 is 15.6 Å². The van der Waals surface area contributed by atoms with E-state index in [1.807, 2.05) is 44.2 Å². The molecule has 1 aromatic heterocycles. The molecule has 0 unspecified atom stereocenters. The summed E-state index contributed by atoms with van der Waals surface area (Å²) in [5, 5.41) is 4.28. The third kappa shape index (κ3) is 6.54. The highest BCUT2D eigenvalue weighted by Gasteiger charge is 2.29. The lowest BCUT2D eigenvalue weighted by Gasteiger charge is -2.11. The van der Waals surface area contributed by atoms with E-state index in [9.17, 15) is 26.4 Å². The highest BCUT2D eigenvalue weighted by atomic mass is 32.2. The number of sulfone groups is 1. The predicted molar refractivity (Wildman–Crippen MR) is 121 cm³/mol. The molecule has 0 aliphatic rings. The van der Waals surface area contributed by atoms with Gasteiger partial charge in [-0.05, 0) is 40.8 Å². The van der Waals surface area contributed by atoms with E-state index in [2.05, 4.69) is 5.10 Å². The van der Waals surface area contributed by atoms with Gasteiger partial charge in [0.1, 0.15) is 5.69 Å². The zero-order chi connectivity index (χ0) is 24.4. The number of carbonyl (C=O) groups excluding carboxylic acids is 1. The molecule has 0 radical (unpaired) electrons. The van der Waals surface area contributed by atoms with Crippen molar-refractivity contribution in [2.75, 3.05) is 6.26 Å². The lowest BCUT2D eigenvalue weighted by atomic mass is 10.0. The fraction of sp³-hybridized carbons (Fsp3) is 0.333. The van der Waals surface area contributed by atoms with Crippen molar-refractivity contribution < 1.29 is 26.4 Å². The predicted octanol–water partition coefficient (Wildman–Crippen LogP) is 5.80. The van der Waals surface area contributed by atoms with Crippen LogP contribution in [0.2, 0.25) is 0 Å². The fourth-order valence-corrected chi connectivity index (χ4v) is 4.06. The Hall–Kier alpha value is -2.94. The van der Waals surface area contributed by atoms with Crippen LogP contribution in [0.25, 0.3) is 22.4 Å². The molecule has 3 rings (SSSR count). The summed E-state index contributed by atoms with van der Waals surface area (Å²) in [6.07, 6.45) is -5.07. The van der Waals surface area contributed by atoms with E-state index in [4.69, 9.17) is 0 Å². The van der Waals surface area contributed by atoms with Crippen LogP contribution >= 0.6 is 0 Å². The maximum absolute atomic E-state index is 12.5. The van der Waals surface area contributed by atoms with Crippen molar-refractivity contribution in [1.29, 1.82) is 0 Å². The third-order valence-electron chi connectivity index (χ3n) is 5.02. The molecule has 1 heterocycles. The average Bonchev–Trinajstić information content (AvgIpc) is 3.14. The van der Waals surface area contributed by atoms with E-state index < -0.39 is 34.6 Å². The number of hydrogen-bond donors (Lipinski definition) is 0. The van der Waals surface area contributed by atoms with Gasteiger partial charge in [0.05, 0.1) is 17.0 Å². The Balaban J connectivity index is 1.92. The largest absolute Gasteiger partial charge is 0.389 e. The van der Waals surface area contributed by atoms with Crippen molar-refractivity contribution in [2.24, 2.45) is 5.92 Å². The number of hydrogen-bond acceptors (Lipinski definition) is 4. The standard InChI is InChI=1S/C24H25F3N2O3S/c1-16(2)15-29-22(14-21(28-29)23(30)11-12-24(25,26)27)18-9-7-17(8-10-18)19-5-4-6-20(13-19)33(3,31)32/h4-10,13-14,16H,11-12,15H2,1-3H3. The van der Waals surface area contributed by atoms with Crippen molar-refractivity contribution in [3.8, 4) is 22.4 Å². The van der Waals surface area contributed by atoms with Crippen LogP contribution in [0.3, 0.4) is 0 Å². The molecule has 0 fully saturated rings. The number of carbonyl (C=O) groups is 1. The second-order valence-electron chi connectivity index (χ2n) is 8.41. The summed E-state index contributed by atoms with van der Waals surface area (Å²) in [7, 11) is -3.34. The Labute approximate surface area is 191 Å². The minimum atomic E-state index is -4.40. The van der Waals surface area contributed by atoms with E-state index in [0.717, 1.165) is 22.9 Å². The molecule has 9 heteroatoms. The quantitative estimate of drug-likeness (QED) is 0.384. The number of nitrogens with zero attached hydrogens (tertiary/aromatic N) is 2. The molecule has 0 atom stereocenters. The highest BCUT2D eigenvalue weighted by molar-refractivity contribution is 7.90. The zero-order valence-electron chi connectivity index (χ0n) is 18.6. The summed E-state index contributed by atoms with van der Waals surface area (Å²) in [5.41, 5.74) is 2.94. The zero-order valence-corrected chi connectivity index (χ0v) is 19.4. The molecule has 5 nitrogen and oxygen atoms in total. The van der Waals surface area contributed by atoms with Crippen LogP contribution in [0.15, 0.2) is 59.5 Å². The number of alkyl halides is 3. The van der Waals surface area contributed by atoms with E-state index >= 15 is 0 Å². The van der Waals surface area contributed by atoms with Gasteiger partial charge in [-0.1, -0.05) is 50.2 Å². The molecule has 0 N–H and O–H groups in total. The monoisotopic (exact) mass is 478 g/mol. The van der Waals surface area contributed by atoms with E-state index in [1.54, 1.807) is 16.8 Å². The Morgan fingerprint density at radius 2 is 1.64 bits per heavy atom. The second kappa shape index (κ2) is 9.51. The summed E-state index contributed by atoms with van der Waals surface area (Å²) in [6, 6.07) is 15.4. The van der Waals surface area contributed by atoms with Gasteiger partial charge >= 0.3 is 6.18 Å². The SMILES string of the molecule is CC(C)Cn1nc(C(=O)CCC(F)(F)F)cc1-c1ccc(-c2cccc(S(C)(=O)=O)c2)cc1. The van der Waals surface area contributed by atoms with Crippen molar-refractivity contribution in [3.05, 3.63) is 60.3 Å². The van der Waals surface area contributed by atoms with E-state index in [1.165, 1.54) is 12.1 Å². The molecule has 3 aromatic rings. The number of aromatic nitrogens is 2. The average molecular weight is 479 g/mol. The number of Topliss-reactive ketones (excluding diaryl/α,β-unsaturated/α-hetero) is 1. The molecule has 176 valence electrons. The minimum absolute atomic E-state index is 0.0137. The molecule has 0 bridgehead atoms. The second-order valence-corrected chi connectivity index (χ2v) is 10.4. The van der Waals surface area contributed by atoms with Gasteiger partial charge < -0.3 is 0 Å². The third-order valence-corrected chi connectivity index (χ3v) is 6.13. The fourth-order valence-electron chi connectivity index (χ4n) is 3.39. The van der Waals surface area contributed by atoms with Crippen molar-refractivity contribution in [1.82, 2.24) is 9.78 Å². The first-order valence-corrected chi connectivity index (χ1v) is 12.3. The minimum Gasteiger partial charge on any atom is -0.292 e.